The second-order valence-corrected chi connectivity index (χ2v) is 5.15. The fourth-order valence-corrected chi connectivity index (χ4v) is 2.57. The van der Waals surface area contributed by atoms with Gasteiger partial charge in [0.15, 0.2) is 5.84 Å². The van der Waals surface area contributed by atoms with Gasteiger partial charge in [-0.15, -0.1) is 0 Å². The van der Waals surface area contributed by atoms with Crippen molar-refractivity contribution < 1.29 is 9.94 Å². The summed E-state index contributed by atoms with van der Waals surface area (Å²) < 4.78 is 5.73. The smallest absolute Gasteiger partial charge is 0.170 e. The summed E-state index contributed by atoms with van der Waals surface area (Å²) in [6.07, 6.45) is 0.459. The number of amidine groups is 1. The third-order valence-electron chi connectivity index (χ3n) is 3.38. The molecule has 1 heterocycles. The minimum absolute atomic E-state index is 0.146. The van der Waals surface area contributed by atoms with Gasteiger partial charge in [0.05, 0.1) is 12.2 Å². The Morgan fingerprint density at radius 3 is 2.53 bits per heavy atom. The predicted octanol–water partition coefficient (Wildman–Crippen LogP) is 1.70. The molecule has 2 rings (SSSR count). The number of rotatable bonds is 2. The van der Waals surface area contributed by atoms with E-state index in [-0.39, 0.29) is 18.0 Å². The van der Waals surface area contributed by atoms with E-state index in [2.05, 4.69) is 30.0 Å². The van der Waals surface area contributed by atoms with Crippen LogP contribution < -0.4 is 10.6 Å². The highest BCUT2D eigenvalue weighted by molar-refractivity contribution is 5.98. The molecule has 104 valence electrons. The number of nitrogens with two attached hydrogens (primary N) is 1. The van der Waals surface area contributed by atoms with E-state index in [0.29, 0.717) is 0 Å². The van der Waals surface area contributed by atoms with Gasteiger partial charge in [0.25, 0.3) is 0 Å². The molecular weight excluding hydrogens is 242 g/mol. The van der Waals surface area contributed by atoms with Crippen LogP contribution in [0.5, 0.6) is 0 Å². The molecule has 3 N–H and O–H groups in total. The van der Waals surface area contributed by atoms with Crippen LogP contribution in [0.15, 0.2) is 23.4 Å². The van der Waals surface area contributed by atoms with Crippen molar-refractivity contribution in [2.75, 3.05) is 18.0 Å². The molecule has 0 aliphatic carbocycles. The zero-order chi connectivity index (χ0) is 14.0. The quantitative estimate of drug-likeness (QED) is 0.369. The Morgan fingerprint density at radius 1 is 1.37 bits per heavy atom. The maximum Gasteiger partial charge on any atom is 0.170 e. The Kier molecular flexibility index (Phi) is 3.95. The molecule has 1 aromatic rings. The first kappa shape index (κ1) is 13.7. The number of morpholine rings is 1. The topological polar surface area (TPSA) is 71.1 Å². The molecule has 5 nitrogen and oxygen atoms in total. The molecule has 0 aromatic heterocycles. The molecule has 0 radical (unpaired) electrons. The van der Waals surface area contributed by atoms with Crippen molar-refractivity contribution in [1.29, 1.82) is 0 Å². The van der Waals surface area contributed by atoms with Gasteiger partial charge >= 0.3 is 0 Å². The lowest BCUT2D eigenvalue weighted by Crippen LogP contribution is -2.45. The van der Waals surface area contributed by atoms with Gasteiger partial charge in [-0.05, 0) is 44.5 Å². The summed E-state index contributed by atoms with van der Waals surface area (Å²) in [4.78, 5) is 2.31. The Balaban J connectivity index is 2.24. The normalized spacial score (nSPS) is 24.6. The Hall–Kier alpha value is -1.75. The molecule has 19 heavy (non-hydrogen) atoms. The number of hydrogen-bond acceptors (Lipinski definition) is 4. The monoisotopic (exact) mass is 263 g/mol. The highest BCUT2D eigenvalue weighted by atomic mass is 16.5. The molecule has 0 unspecified atom stereocenters. The van der Waals surface area contributed by atoms with Crippen LogP contribution in [0.3, 0.4) is 0 Å². The van der Waals surface area contributed by atoms with Gasteiger partial charge in [-0.25, -0.2) is 0 Å². The number of hydrogen-bond donors (Lipinski definition) is 2. The second kappa shape index (κ2) is 5.48. The largest absolute Gasteiger partial charge is 0.409 e. The lowest BCUT2D eigenvalue weighted by atomic mass is 10.1. The van der Waals surface area contributed by atoms with E-state index in [0.717, 1.165) is 29.9 Å². The van der Waals surface area contributed by atoms with Crippen LogP contribution in [0.2, 0.25) is 0 Å². The molecule has 1 aliphatic rings. The van der Waals surface area contributed by atoms with Crippen LogP contribution in [0.1, 0.15) is 25.0 Å². The Labute approximate surface area is 113 Å². The van der Waals surface area contributed by atoms with Crippen LogP contribution in [0.4, 0.5) is 5.69 Å². The van der Waals surface area contributed by atoms with Gasteiger partial charge in [0.2, 0.25) is 0 Å². The van der Waals surface area contributed by atoms with Crippen molar-refractivity contribution in [3.63, 3.8) is 0 Å². The van der Waals surface area contributed by atoms with Crippen LogP contribution in [-0.4, -0.2) is 36.3 Å². The number of aryl methyl sites for hydroxylation is 1. The zero-order valence-electron chi connectivity index (χ0n) is 11.6. The maximum absolute atomic E-state index is 8.74. The van der Waals surface area contributed by atoms with Crippen LogP contribution in [0.25, 0.3) is 0 Å². The molecule has 1 aliphatic heterocycles. The van der Waals surface area contributed by atoms with Gasteiger partial charge in [-0.2, -0.15) is 0 Å². The molecule has 0 spiro atoms. The van der Waals surface area contributed by atoms with Crippen molar-refractivity contribution in [2.24, 2.45) is 10.9 Å². The van der Waals surface area contributed by atoms with Crippen molar-refractivity contribution >= 4 is 11.5 Å². The molecule has 1 saturated heterocycles. The third kappa shape index (κ3) is 2.98. The van der Waals surface area contributed by atoms with Gasteiger partial charge in [-0.1, -0.05) is 5.16 Å². The highest BCUT2D eigenvalue weighted by Gasteiger charge is 2.22. The number of ether oxygens (including phenoxy) is 1. The molecule has 5 heteroatoms. The molecule has 0 amide bonds. The van der Waals surface area contributed by atoms with E-state index < -0.39 is 0 Å². The third-order valence-corrected chi connectivity index (χ3v) is 3.38. The summed E-state index contributed by atoms with van der Waals surface area (Å²) in [5.41, 5.74) is 8.55. The van der Waals surface area contributed by atoms with E-state index in [1.54, 1.807) is 0 Å². The number of nitrogens with zero attached hydrogens (tertiary/aromatic N) is 2. The summed E-state index contributed by atoms with van der Waals surface area (Å²) in [5.74, 6) is 0.146. The van der Waals surface area contributed by atoms with Crippen LogP contribution in [0, 0.1) is 6.92 Å². The van der Waals surface area contributed by atoms with Gasteiger partial charge in [-0.3, -0.25) is 0 Å². The van der Waals surface area contributed by atoms with E-state index in [4.69, 9.17) is 15.7 Å². The molecule has 0 bridgehead atoms. The average molecular weight is 263 g/mol. The first-order valence-electron chi connectivity index (χ1n) is 6.50. The standard InChI is InChI=1S/C14H21N3O2/c1-9-6-12(4-5-13(9)14(15)16-18)17-7-10(2)19-11(3)8-17/h4-6,10-11,18H,7-8H2,1-3H3,(H2,15,16)/t10-,11+. The predicted molar refractivity (Wildman–Crippen MR) is 75.9 cm³/mol. The van der Waals surface area contributed by atoms with Crippen molar-refractivity contribution in [3.8, 4) is 0 Å². The average Bonchev–Trinajstić information content (AvgIpc) is 2.36. The fourth-order valence-electron chi connectivity index (χ4n) is 2.57. The summed E-state index contributed by atoms with van der Waals surface area (Å²) in [7, 11) is 0. The van der Waals surface area contributed by atoms with Gasteiger partial charge < -0.3 is 20.6 Å². The molecule has 2 atom stereocenters. The lowest BCUT2D eigenvalue weighted by Gasteiger charge is -2.37. The van der Waals surface area contributed by atoms with Crippen LogP contribution in [-0.2, 0) is 4.74 Å². The van der Waals surface area contributed by atoms with Gasteiger partial charge in [0, 0.05) is 24.3 Å². The van der Waals surface area contributed by atoms with E-state index in [9.17, 15) is 0 Å². The first-order chi connectivity index (χ1) is 9.01. The Bertz CT molecular complexity index is 478. The van der Waals surface area contributed by atoms with Gasteiger partial charge in [0.1, 0.15) is 0 Å². The van der Waals surface area contributed by atoms with Crippen molar-refractivity contribution in [2.45, 2.75) is 33.0 Å². The number of anilines is 1. The Morgan fingerprint density at radius 2 is 2.00 bits per heavy atom. The SMILES string of the molecule is Cc1cc(N2C[C@@H](C)O[C@@H](C)C2)ccc1/C(N)=N/O. The molecule has 0 saturated carbocycles. The van der Waals surface area contributed by atoms with Crippen LogP contribution >= 0.6 is 0 Å². The van der Waals surface area contributed by atoms with Crippen molar-refractivity contribution in [1.82, 2.24) is 0 Å². The summed E-state index contributed by atoms with van der Waals surface area (Å²) in [6, 6.07) is 5.97. The summed E-state index contributed by atoms with van der Waals surface area (Å²) >= 11 is 0. The number of benzene rings is 1. The molecular formula is C14H21N3O2. The minimum Gasteiger partial charge on any atom is -0.409 e. The van der Waals surface area contributed by atoms with E-state index >= 15 is 0 Å². The van der Waals surface area contributed by atoms with E-state index in [1.807, 2.05) is 19.1 Å². The second-order valence-electron chi connectivity index (χ2n) is 5.15. The zero-order valence-corrected chi connectivity index (χ0v) is 11.6. The lowest BCUT2D eigenvalue weighted by molar-refractivity contribution is -0.00522. The molecule has 1 fully saturated rings. The molecule has 1 aromatic carbocycles. The summed E-state index contributed by atoms with van der Waals surface area (Å²) in [5, 5.41) is 11.8. The van der Waals surface area contributed by atoms with Crippen molar-refractivity contribution in [3.05, 3.63) is 29.3 Å². The first-order valence-corrected chi connectivity index (χ1v) is 6.50. The maximum atomic E-state index is 8.74. The van der Waals surface area contributed by atoms with E-state index in [1.165, 1.54) is 0 Å². The minimum atomic E-state index is 0.146. The summed E-state index contributed by atoms with van der Waals surface area (Å²) in [6.45, 7) is 7.89. The number of oxime groups is 1. The highest BCUT2D eigenvalue weighted by Crippen LogP contribution is 2.23. The fraction of sp³-hybridized carbons (Fsp3) is 0.500.